The highest BCUT2D eigenvalue weighted by atomic mass is 32.1. The summed E-state index contributed by atoms with van der Waals surface area (Å²) in [6.45, 7) is 4.02. The van der Waals surface area contributed by atoms with Gasteiger partial charge in [0.25, 0.3) is 5.56 Å². The van der Waals surface area contributed by atoms with Crippen LogP contribution >= 0.6 is 11.3 Å². The largest absolute Gasteiger partial charge is 0.460 e. The van der Waals surface area contributed by atoms with Crippen LogP contribution in [0.4, 0.5) is 5.69 Å². The predicted octanol–water partition coefficient (Wildman–Crippen LogP) is 0.955. The number of aromatic nitrogens is 1. The van der Waals surface area contributed by atoms with Crippen LogP contribution in [0.25, 0.3) is 6.08 Å². The lowest BCUT2D eigenvalue weighted by atomic mass is 10.1. The standard InChI is InChI=1S/C15H14N2O3S/c1-9(2)20-13(18)7-12-14(19)17-8-10-5-3-4-6-11(10)16-15(17)21-12/h3-7,9H,8H2,1-2H3. The summed E-state index contributed by atoms with van der Waals surface area (Å²) >= 11 is 1.21. The van der Waals surface area contributed by atoms with Gasteiger partial charge >= 0.3 is 5.97 Å². The van der Waals surface area contributed by atoms with Gasteiger partial charge in [-0.2, -0.15) is 0 Å². The number of esters is 1. The first kappa shape index (κ1) is 13.8. The minimum Gasteiger partial charge on any atom is -0.460 e. The summed E-state index contributed by atoms with van der Waals surface area (Å²) < 4.78 is 6.98. The molecule has 2 heterocycles. The van der Waals surface area contributed by atoms with Crippen molar-refractivity contribution in [3.05, 3.63) is 49.5 Å². The van der Waals surface area contributed by atoms with Crippen LogP contribution in [0.5, 0.6) is 0 Å². The number of carbonyl (C=O) groups is 1. The molecule has 1 aromatic carbocycles. The van der Waals surface area contributed by atoms with Gasteiger partial charge in [0.05, 0.1) is 18.3 Å². The van der Waals surface area contributed by atoms with Gasteiger partial charge < -0.3 is 4.74 Å². The lowest BCUT2D eigenvalue weighted by Gasteiger charge is -2.10. The van der Waals surface area contributed by atoms with Crippen molar-refractivity contribution in [2.45, 2.75) is 26.5 Å². The van der Waals surface area contributed by atoms with E-state index in [1.807, 2.05) is 24.3 Å². The van der Waals surface area contributed by atoms with Crippen LogP contribution in [-0.4, -0.2) is 16.6 Å². The minimum absolute atomic E-state index is 0.200. The molecule has 0 radical (unpaired) electrons. The molecule has 0 spiro atoms. The third kappa shape index (κ3) is 2.67. The lowest BCUT2D eigenvalue weighted by Crippen LogP contribution is -2.33. The van der Waals surface area contributed by atoms with Crippen LogP contribution in [0, 0.1) is 0 Å². The maximum Gasteiger partial charge on any atom is 0.332 e. The number of hydrogen-bond acceptors (Lipinski definition) is 5. The van der Waals surface area contributed by atoms with E-state index in [1.165, 1.54) is 17.4 Å². The molecule has 3 rings (SSSR count). The molecule has 0 aliphatic carbocycles. The van der Waals surface area contributed by atoms with E-state index in [-0.39, 0.29) is 11.7 Å². The number of thiazole rings is 1. The van der Waals surface area contributed by atoms with Gasteiger partial charge in [-0.3, -0.25) is 9.36 Å². The molecule has 0 bridgehead atoms. The summed E-state index contributed by atoms with van der Waals surface area (Å²) in [5, 5.41) is 0. The number of para-hydroxylation sites is 1. The third-order valence-corrected chi connectivity index (χ3v) is 4.03. The second-order valence-electron chi connectivity index (χ2n) is 5.01. The number of hydrogen-bond donors (Lipinski definition) is 0. The Kier molecular flexibility index (Phi) is 3.47. The molecule has 1 aliphatic rings. The summed E-state index contributed by atoms with van der Waals surface area (Å²) in [6.07, 6.45) is 1.04. The molecule has 0 saturated heterocycles. The summed E-state index contributed by atoms with van der Waals surface area (Å²) in [7, 11) is 0. The number of benzene rings is 1. The van der Waals surface area contributed by atoms with Gasteiger partial charge in [-0.25, -0.2) is 9.79 Å². The van der Waals surface area contributed by atoms with Crippen molar-refractivity contribution in [3.8, 4) is 0 Å². The first-order valence-electron chi connectivity index (χ1n) is 6.63. The normalized spacial score (nSPS) is 13.6. The van der Waals surface area contributed by atoms with Gasteiger partial charge in [-0.05, 0) is 25.5 Å². The van der Waals surface area contributed by atoms with Gasteiger partial charge in [-0.15, -0.1) is 0 Å². The highest BCUT2D eigenvalue weighted by Gasteiger charge is 2.14. The van der Waals surface area contributed by atoms with E-state index >= 15 is 0 Å². The molecule has 2 aromatic rings. The van der Waals surface area contributed by atoms with E-state index in [9.17, 15) is 9.59 Å². The fraction of sp³-hybridized carbons (Fsp3) is 0.267. The van der Waals surface area contributed by atoms with Crippen molar-refractivity contribution < 1.29 is 9.53 Å². The molecule has 0 amide bonds. The van der Waals surface area contributed by atoms with E-state index in [0.717, 1.165) is 11.3 Å². The molecular weight excluding hydrogens is 288 g/mol. The van der Waals surface area contributed by atoms with Gasteiger partial charge in [-0.1, -0.05) is 29.5 Å². The Balaban J connectivity index is 2.08. The summed E-state index contributed by atoms with van der Waals surface area (Å²) in [5.41, 5.74) is 1.67. The van der Waals surface area contributed by atoms with Crippen LogP contribution < -0.4 is 14.9 Å². The molecular formula is C15H14N2O3S. The van der Waals surface area contributed by atoms with E-state index in [4.69, 9.17) is 4.74 Å². The maximum absolute atomic E-state index is 12.3. The second kappa shape index (κ2) is 5.29. The van der Waals surface area contributed by atoms with Crippen molar-refractivity contribution in [1.82, 2.24) is 4.57 Å². The molecule has 6 heteroatoms. The molecule has 1 aromatic heterocycles. The topological polar surface area (TPSA) is 60.7 Å². The zero-order valence-corrected chi connectivity index (χ0v) is 12.5. The number of nitrogens with zero attached hydrogens (tertiary/aromatic N) is 2. The molecule has 0 atom stereocenters. The molecule has 1 aliphatic heterocycles. The van der Waals surface area contributed by atoms with Gasteiger partial charge in [0.1, 0.15) is 4.53 Å². The van der Waals surface area contributed by atoms with Crippen molar-refractivity contribution in [2.75, 3.05) is 0 Å². The van der Waals surface area contributed by atoms with Crippen LogP contribution in [-0.2, 0) is 16.1 Å². The monoisotopic (exact) mass is 302 g/mol. The molecule has 0 N–H and O–H groups in total. The first-order valence-corrected chi connectivity index (χ1v) is 7.45. The van der Waals surface area contributed by atoms with Crippen molar-refractivity contribution in [3.63, 3.8) is 0 Å². The highest BCUT2D eigenvalue weighted by molar-refractivity contribution is 7.07. The van der Waals surface area contributed by atoms with Gasteiger partial charge in [0.2, 0.25) is 0 Å². The van der Waals surface area contributed by atoms with Crippen LogP contribution in [0.15, 0.2) is 34.1 Å². The Morgan fingerprint density at radius 3 is 2.95 bits per heavy atom. The number of rotatable bonds is 2. The smallest absolute Gasteiger partial charge is 0.332 e. The van der Waals surface area contributed by atoms with E-state index < -0.39 is 5.97 Å². The average molecular weight is 302 g/mol. The van der Waals surface area contributed by atoms with Crippen LogP contribution in [0.1, 0.15) is 19.4 Å². The third-order valence-electron chi connectivity index (χ3n) is 3.03. The number of carbonyl (C=O) groups excluding carboxylic acids is 1. The average Bonchev–Trinajstić information content (AvgIpc) is 2.72. The zero-order valence-electron chi connectivity index (χ0n) is 11.7. The van der Waals surface area contributed by atoms with E-state index in [0.29, 0.717) is 15.9 Å². The SMILES string of the molecule is CC(C)OC(=O)C=c1sc2n(c1=O)Cc1ccccc1N=2. The zero-order chi connectivity index (χ0) is 15.0. The highest BCUT2D eigenvalue weighted by Crippen LogP contribution is 2.20. The first-order chi connectivity index (χ1) is 10.0. The summed E-state index contributed by atoms with van der Waals surface area (Å²) in [6, 6.07) is 7.70. The molecule has 0 unspecified atom stereocenters. The Morgan fingerprint density at radius 2 is 2.19 bits per heavy atom. The lowest BCUT2D eigenvalue weighted by molar-refractivity contribution is -0.139. The number of fused-ring (bicyclic) bond motifs is 2. The fourth-order valence-electron chi connectivity index (χ4n) is 2.13. The second-order valence-corrected chi connectivity index (χ2v) is 6.02. The Bertz CT molecular complexity index is 877. The molecule has 21 heavy (non-hydrogen) atoms. The Hall–Kier alpha value is -2.21. The van der Waals surface area contributed by atoms with Gasteiger partial charge in [0.15, 0.2) is 4.80 Å². The molecule has 5 nitrogen and oxygen atoms in total. The van der Waals surface area contributed by atoms with Gasteiger partial charge in [0, 0.05) is 6.08 Å². The van der Waals surface area contributed by atoms with E-state index in [2.05, 4.69) is 4.99 Å². The number of ether oxygens (including phenoxy) is 1. The fourth-order valence-corrected chi connectivity index (χ4v) is 3.08. The predicted molar refractivity (Wildman–Crippen MR) is 80.3 cm³/mol. The molecule has 0 saturated carbocycles. The van der Waals surface area contributed by atoms with Crippen LogP contribution in [0.2, 0.25) is 0 Å². The van der Waals surface area contributed by atoms with E-state index in [1.54, 1.807) is 18.4 Å². The Labute approximate surface area is 124 Å². The maximum atomic E-state index is 12.3. The summed E-state index contributed by atoms with van der Waals surface area (Å²) in [4.78, 5) is 29.1. The quantitative estimate of drug-likeness (QED) is 0.662. The summed E-state index contributed by atoms with van der Waals surface area (Å²) in [5.74, 6) is -0.501. The molecule has 0 fully saturated rings. The van der Waals surface area contributed by atoms with Crippen LogP contribution in [0.3, 0.4) is 0 Å². The van der Waals surface area contributed by atoms with Crippen molar-refractivity contribution >= 4 is 29.1 Å². The molecule has 108 valence electrons. The van der Waals surface area contributed by atoms with Crippen molar-refractivity contribution in [2.24, 2.45) is 4.99 Å². The van der Waals surface area contributed by atoms with Crippen molar-refractivity contribution in [1.29, 1.82) is 0 Å². The minimum atomic E-state index is -0.501. The Morgan fingerprint density at radius 1 is 1.43 bits per heavy atom.